The van der Waals surface area contributed by atoms with E-state index in [0.717, 1.165) is 56.9 Å². The molecule has 2 saturated heterocycles. The third kappa shape index (κ3) is 10.0. The molecule has 0 N–H and O–H groups in total. The molecule has 4 rings (SSSR count). The molecule has 0 bridgehead atoms. The van der Waals surface area contributed by atoms with Crippen molar-refractivity contribution in [3.8, 4) is 5.75 Å². The topological polar surface area (TPSA) is 72.5 Å². The van der Waals surface area contributed by atoms with Gasteiger partial charge in [0.05, 0.1) is 24.9 Å². The van der Waals surface area contributed by atoms with Crippen LogP contribution in [-0.4, -0.2) is 59.2 Å². The van der Waals surface area contributed by atoms with Crippen molar-refractivity contribution < 1.29 is 46.1 Å². The highest BCUT2D eigenvalue weighted by Gasteiger charge is 2.49. The Kier molecular flexibility index (Phi) is 12.6. The van der Waals surface area contributed by atoms with Crippen molar-refractivity contribution in [3.63, 3.8) is 0 Å². The van der Waals surface area contributed by atoms with Crippen LogP contribution in [0.25, 0.3) is 0 Å². The van der Waals surface area contributed by atoms with Gasteiger partial charge in [0.15, 0.2) is 20.9 Å². The third-order valence-corrected chi connectivity index (χ3v) is 14.0. The fraction of sp³-hybridized carbons (Fsp3) is 0.735. The zero-order chi connectivity index (χ0) is 32.7. The zero-order valence-electron chi connectivity index (χ0n) is 27.4. The standard InChI is InChI=1S/C34H51F3O7Si/c1-33(2,3)45(4,5)44-29(23-38)26-17-18-28(43-31-16-7-9-20-41-31)32(26)27(42-30-15-6-8-19-40-30)14-11-21-39-25-13-10-12-24(22-25)34(35,36)37/h10,12-14,22-23,26,28-32H,6-9,11,15-21H2,1-5H3/b27-14+/t26-,28-,29?,30?,31?,32+/m1/s1. The van der Waals surface area contributed by atoms with Crippen LogP contribution in [0.1, 0.15) is 84.1 Å². The number of rotatable bonds is 13. The molecule has 0 amide bonds. The van der Waals surface area contributed by atoms with Gasteiger partial charge in [-0.2, -0.15) is 13.2 Å². The highest BCUT2D eigenvalue weighted by Crippen LogP contribution is 2.46. The molecule has 0 spiro atoms. The van der Waals surface area contributed by atoms with Crippen LogP contribution in [0.2, 0.25) is 18.1 Å². The molecule has 1 aromatic rings. The van der Waals surface area contributed by atoms with Crippen molar-refractivity contribution in [2.45, 2.75) is 128 Å². The summed E-state index contributed by atoms with van der Waals surface area (Å²) in [5, 5.41) is -0.0833. The molecule has 254 valence electrons. The van der Waals surface area contributed by atoms with Crippen molar-refractivity contribution in [1.29, 1.82) is 0 Å². The number of benzene rings is 1. The summed E-state index contributed by atoms with van der Waals surface area (Å²) >= 11 is 0. The lowest BCUT2D eigenvalue weighted by atomic mass is 9.88. The van der Waals surface area contributed by atoms with Gasteiger partial charge in [-0.1, -0.05) is 26.8 Å². The highest BCUT2D eigenvalue weighted by atomic mass is 28.4. The van der Waals surface area contributed by atoms with E-state index >= 15 is 0 Å². The predicted molar refractivity (Wildman–Crippen MR) is 167 cm³/mol. The summed E-state index contributed by atoms with van der Waals surface area (Å²) in [6, 6.07) is 4.88. The number of hydrogen-bond donors (Lipinski definition) is 0. The van der Waals surface area contributed by atoms with Gasteiger partial charge in [-0.3, -0.25) is 0 Å². The first-order chi connectivity index (χ1) is 21.3. The van der Waals surface area contributed by atoms with Gasteiger partial charge < -0.3 is 32.9 Å². The second kappa shape index (κ2) is 15.8. The quantitative estimate of drug-likeness (QED) is 0.0914. The maximum atomic E-state index is 13.2. The van der Waals surface area contributed by atoms with Crippen LogP contribution in [0.15, 0.2) is 36.1 Å². The van der Waals surface area contributed by atoms with Gasteiger partial charge in [-0.25, -0.2) is 0 Å². The molecule has 1 aromatic carbocycles. The van der Waals surface area contributed by atoms with Crippen LogP contribution in [0.4, 0.5) is 13.2 Å². The number of aldehydes is 1. The molecule has 3 unspecified atom stereocenters. The first-order valence-electron chi connectivity index (χ1n) is 16.5. The lowest BCUT2D eigenvalue weighted by Gasteiger charge is -2.41. The molecule has 6 atom stereocenters. The Bertz CT molecular complexity index is 1110. The number of carbonyl (C=O) groups excluding carboxylic acids is 1. The van der Waals surface area contributed by atoms with E-state index < -0.39 is 32.5 Å². The molecule has 3 aliphatic rings. The van der Waals surface area contributed by atoms with Gasteiger partial charge >= 0.3 is 6.18 Å². The van der Waals surface area contributed by atoms with Gasteiger partial charge in [0.1, 0.15) is 23.9 Å². The van der Waals surface area contributed by atoms with Crippen LogP contribution >= 0.6 is 0 Å². The number of halogens is 3. The van der Waals surface area contributed by atoms with Crippen molar-refractivity contribution in [2.75, 3.05) is 19.8 Å². The fourth-order valence-corrected chi connectivity index (χ4v) is 7.28. The number of ether oxygens (including phenoxy) is 5. The van der Waals surface area contributed by atoms with E-state index in [4.69, 9.17) is 28.1 Å². The van der Waals surface area contributed by atoms with E-state index in [0.29, 0.717) is 38.2 Å². The summed E-state index contributed by atoms with van der Waals surface area (Å²) in [6.07, 6.45) is 4.09. The summed E-state index contributed by atoms with van der Waals surface area (Å²) in [7, 11) is -2.30. The van der Waals surface area contributed by atoms with Crippen molar-refractivity contribution >= 4 is 14.6 Å². The predicted octanol–water partition coefficient (Wildman–Crippen LogP) is 8.43. The van der Waals surface area contributed by atoms with E-state index in [2.05, 4.69) is 33.9 Å². The lowest BCUT2D eigenvalue weighted by Crippen LogP contribution is -2.47. The Labute approximate surface area is 267 Å². The highest BCUT2D eigenvalue weighted by molar-refractivity contribution is 6.74. The Morgan fingerprint density at radius 2 is 1.69 bits per heavy atom. The molecule has 7 nitrogen and oxygen atoms in total. The van der Waals surface area contributed by atoms with Gasteiger partial charge in [0.25, 0.3) is 0 Å². The Hall–Kier alpha value is -1.92. The van der Waals surface area contributed by atoms with Crippen LogP contribution in [0.3, 0.4) is 0 Å². The Morgan fingerprint density at radius 1 is 1.00 bits per heavy atom. The van der Waals surface area contributed by atoms with Crippen molar-refractivity contribution in [2.24, 2.45) is 11.8 Å². The average molecular weight is 657 g/mol. The van der Waals surface area contributed by atoms with Crippen LogP contribution in [0, 0.1) is 11.8 Å². The fourth-order valence-electron chi connectivity index (χ4n) is 6.01. The summed E-state index contributed by atoms with van der Waals surface area (Å²) in [5.74, 6) is 0.317. The molecule has 0 radical (unpaired) electrons. The normalized spacial score (nSPS) is 27.6. The molecule has 1 aliphatic carbocycles. The first kappa shape index (κ1) is 35.9. The van der Waals surface area contributed by atoms with Crippen LogP contribution < -0.4 is 4.74 Å². The minimum Gasteiger partial charge on any atom is -0.493 e. The molecule has 1 saturated carbocycles. The SMILES string of the molecule is CC(C)(C)[Si](C)(C)OC(C=O)[C@H]1CC[C@@H](OC2CCCCO2)[C@@H]1/C(=C\CCOc1cccc(C(F)(F)F)c1)OC1CCCCO1. The smallest absolute Gasteiger partial charge is 0.416 e. The van der Waals surface area contributed by atoms with Gasteiger partial charge in [-0.15, -0.1) is 0 Å². The minimum absolute atomic E-state index is 0.0833. The molecule has 2 aliphatic heterocycles. The third-order valence-electron chi connectivity index (χ3n) is 9.53. The zero-order valence-corrected chi connectivity index (χ0v) is 28.4. The second-order valence-electron chi connectivity index (χ2n) is 13.9. The van der Waals surface area contributed by atoms with Crippen molar-refractivity contribution in [1.82, 2.24) is 0 Å². The minimum atomic E-state index is -4.45. The molecule has 11 heteroatoms. The number of hydrogen-bond acceptors (Lipinski definition) is 7. The van der Waals surface area contributed by atoms with E-state index in [1.54, 1.807) is 0 Å². The Morgan fingerprint density at radius 3 is 2.29 bits per heavy atom. The maximum Gasteiger partial charge on any atom is 0.416 e. The molecule has 45 heavy (non-hydrogen) atoms. The van der Waals surface area contributed by atoms with E-state index in [-0.39, 0.29) is 41.6 Å². The summed E-state index contributed by atoms with van der Waals surface area (Å²) in [4.78, 5) is 12.7. The van der Waals surface area contributed by atoms with Crippen LogP contribution in [-0.2, 0) is 34.3 Å². The second-order valence-corrected chi connectivity index (χ2v) is 18.7. The van der Waals surface area contributed by atoms with Gasteiger partial charge in [0, 0.05) is 31.3 Å². The molecular formula is C34H51F3O7Si. The van der Waals surface area contributed by atoms with Gasteiger partial charge in [-0.05, 0) is 87.4 Å². The maximum absolute atomic E-state index is 13.2. The molecule has 3 fully saturated rings. The lowest BCUT2D eigenvalue weighted by molar-refractivity contribution is -0.201. The monoisotopic (exact) mass is 656 g/mol. The number of carbonyl (C=O) groups is 1. The van der Waals surface area contributed by atoms with Gasteiger partial charge in [0.2, 0.25) is 0 Å². The summed E-state index contributed by atoms with van der Waals surface area (Å²) < 4.78 is 77.2. The molecule has 2 heterocycles. The summed E-state index contributed by atoms with van der Waals surface area (Å²) in [5.41, 5.74) is -0.755. The van der Waals surface area contributed by atoms with E-state index in [9.17, 15) is 18.0 Å². The Balaban J connectivity index is 1.60. The van der Waals surface area contributed by atoms with Crippen molar-refractivity contribution in [3.05, 3.63) is 41.7 Å². The van der Waals surface area contributed by atoms with E-state index in [1.807, 2.05) is 6.08 Å². The van der Waals surface area contributed by atoms with Crippen LogP contribution in [0.5, 0.6) is 5.75 Å². The largest absolute Gasteiger partial charge is 0.493 e. The molecule has 0 aromatic heterocycles. The van der Waals surface area contributed by atoms with E-state index in [1.165, 1.54) is 12.1 Å². The summed E-state index contributed by atoms with van der Waals surface area (Å²) in [6.45, 7) is 12.1. The number of alkyl halides is 3. The first-order valence-corrected chi connectivity index (χ1v) is 19.4. The molecular weight excluding hydrogens is 605 g/mol. The average Bonchev–Trinajstić information content (AvgIpc) is 3.40.